The summed E-state index contributed by atoms with van der Waals surface area (Å²) < 4.78 is 5.14. The summed E-state index contributed by atoms with van der Waals surface area (Å²) in [6.45, 7) is 3.30. The van der Waals surface area contributed by atoms with E-state index in [1.54, 1.807) is 6.92 Å². The Morgan fingerprint density at radius 1 is 1.38 bits per heavy atom. The summed E-state index contributed by atoms with van der Waals surface area (Å²) in [6.07, 6.45) is 5.26. The van der Waals surface area contributed by atoms with E-state index >= 15 is 0 Å². The van der Waals surface area contributed by atoms with Crippen molar-refractivity contribution in [3.8, 4) is 0 Å². The first-order chi connectivity index (χ1) is 11.7. The summed E-state index contributed by atoms with van der Waals surface area (Å²) in [5.41, 5.74) is 2.72. The monoisotopic (exact) mass is 321 g/mol. The Morgan fingerprint density at radius 3 is 3.12 bits per heavy atom. The van der Waals surface area contributed by atoms with Crippen LogP contribution in [-0.4, -0.2) is 33.9 Å². The topological polar surface area (TPSA) is 59.2 Å². The number of benzene rings is 1. The largest absolute Gasteiger partial charge is 0.448 e. The molecule has 4 rings (SSSR count). The lowest BCUT2D eigenvalue weighted by molar-refractivity contribution is 0.0781. The molecule has 1 amide bonds. The number of fused-ring (bicyclic) bond motifs is 1. The van der Waals surface area contributed by atoms with Crippen LogP contribution in [0.1, 0.15) is 28.4 Å². The van der Waals surface area contributed by atoms with Gasteiger partial charge in [0.25, 0.3) is 5.91 Å². The maximum Gasteiger partial charge on any atom is 0.275 e. The van der Waals surface area contributed by atoms with E-state index < -0.39 is 0 Å². The van der Waals surface area contributed by atoms with Crippen LogP contribution in [0.25, 0.3) is 10.9 Å². The number of amides is 1. The van der Waals surface area contributed by atoms with Gasteiger partial charge in [0.2, 0.25) is 0 Å². The zero-order valence-corrected chi connectivity index (χ0v) is 13.6. The number of carbonyl (C=O) groups is 1. The Bertz CT molecular complexity index is 887. The van der Waals surface area contributed by atoms with Gasteiger partial charge in [-0.25, -0.2) is 4.98 Å². The van der Waals surface area contributed by atoms with Gasteiger partial charge < -0.3 is 9.32 Å². The van der Waals surface area contributed by atoms with Crippen LogP contribution < -0.4 is 0 Å². The molecule has 0 bridgehead atoms. The highest BCUT2D eigenvalue weighted by Crippen LogP contribution is 2.24. The Kier molecular flexibility index (Phi) is 3.76. The van der Waals surface area contributed by atoms with E-state index in [1.165, 1.54) is 17.2 Å². The molecule has 1 aliphatic heterocycles. The van der Waals surface area contributed by atoms with Crippen molar-refractivity contribution in [3.05, 3.63) is 59.9 Å². The van der Waals surface area contributed by atoms with E-state index in [-0.39, 0.29) is 5.91 Å². The lowest BCUT2D eigenvalue weighted by Gasteiger charge is -2.15. The van der Waals surface area contributed by atoms with Gasteiger partial charge in [-0.3, -0.25) is 9.78 Å². The first kappa shape index (κ1) is 14.9. The highest BCUT2D eigenvalue weighted by atomic mass is 16.3. The second kappa shape index (κ2) is 6.07. The first-order valence-electron chi connectivity index (χ1n) is 8.24. The molecule has 3 aromatic rings. The molecule has 1 aromatic carbocycles. The van der Waals surface area contributed by atoms with Gasteiger partial charge in [0.15, 0.2) is 11.6 Å². The van der Waals surface area contributed by atoms with Gasteiger partial charge in [-0.15, -0.1) is 0 Å². The van der Waals surface area contributed by atoms with Gasteiger partial charge in [-0.05, 0) is 42.5 Å². The van der Waals surface area contributed by atoms with E-state index in [4.69, 9.17) is 4.42 Å². The number of aryl methyl sites for hydroxylation is 1. The van der Waals surface area contributed by atoms with Gasteiger partial charge in [0, 0.05) is 31.6 Å². The zero-order chi connectivity index (χ0) is 16.5. The average molecular weight is 321 g/mol. The Hall–Kier alpha value is -2.69. The SMILES string of the molecule is Cc1nc(C(=O)N2CC[C@H](Cc3ccc4ncccc4c3)C2)co1. The van der Waals surface area contributed by atoms with Gasteiger partial charge in [-0.1, -0.05) is 12.1 Å². The molecule has 1 aliphatic rings. The predicted octanol–water partition coefficient (Wildman–Crippen LogP) is 3.24. The van der Waals surface area contributed by atoms with Crippen molar-refractivity contribution < 1.29 is 9.21 Å². The molecule has 0 aliphatic carbocycles. The minimum absolute atomic E-state index is 0.0305. The average Bonchev–Trinajstić information content (AvgIpc) is 3.23. The maximum atomic E-state index is 12.4. The number of hydrogen-bond donors (Lipinski definition) is 0. The zero-order valence-electron chi connectivity index (χ0n) is 13.6. The number of rotatable bonds is 3. The van der Waals surface area contributed by atoms with Gasteiger partial charge in [0.1, 0.15) is 6.26 Å². The van der Waals surface area contributed by atoms with Crippen molar-refractivity contribution >= 4 is 16.8 Å². The number of nitrogens with zero attached hydrogens (tertiary/aromatic N) is 3. The number of carbonyl (C=O) groups excluding carboxylic acids is 1. The van der Waals surface area contributed by atoms with E-state index in [0.29, 0.717) is 17.5 Å². The van der Waals surface area contributed by atoms with E-state index in [2.05, 4.69) is 34.2 Å². The third kappa shape index (κ3) is 2.89. The Morgan fingerprint density at radius 2 is 2.29 bits per heavy atom. The molecule has 122 valence electrons. The smallest absolute Gasteiger partial charge is 0.275 e. The van der Waals surface area contributed by atoms with Crippen molar-refractivity contribution in [1.82, 2.24) is 14.9 Å². The fraction of sp³-hybridized carbons (Fsp3) is 0.316. The number of aromatic nitrogens is 2. The predicted molar refractivity (Wildman–Crippen MR) is 90.7 cm³/mol. The van der Waals surface area contributed by atoms with Crippen LogP contribution >= 0.6 is 0 Å². The lowest BCUT2D eigenvalue weighted by atomic mass is 9.97. The van der Waals surface area contributed by atoms with Crippen LogP contribution in [0.3, 0.4) is 0 Å². The van der Waals surface area contributed by atoms with E-state index in [9.17, 15) is 4.79 Å². The van der Waals surface area contributed by atoms with Gasteiger partial charge >= 0.3 is 0 Å². The summed E-state index contributed by atoms with van der Waals surface area (Å²) >= 11 is 0. The van der Waals surface area contributed by atoms with Crippen LogP contribution in [0, 0.1) is 12.8 Å². The fourth-order valence-corrected chi connectivity index (χ4v) is 3.39. The Labute approximate surface area is 140 Å². The molecule has 0 N–H and O–H groups in total. The standard InChI is InChI=1S/C19H19N3O2/c1-13-21-18(12-24-13)19(23)22-8-6-15(11-22)9-14-4-5-17-16(10-14)3-2-7-20-17/h2-5,7,10,12,15H,6,8-9,11H2,1H3/t15-/m1/s1. The second-order valence-electron chi connectivity index (χ2n) is 6.39. The van der Waals surface area contributed by atoms with Crippen LogP contribution in [0.2, 0.25) is 0 Å². The molecule has 1 atom stereocenters. The summed E-state index contributed by atoms with van der Waals surface area (Å²) in [7, 11) is 0. The van der Waals surface area contributed by atoms with Crippen molar-refractivity contribution in [3.63, 3.8) is 0 Å². The third-order valence-electron chi connectivity index (χ3n) is 4.60. The van der Waals surface area contributed by atoms with E-state index in [1.807, 2.05) is 17.2 Å². The first-order valence-corrected chi connectivity index (χ1v) is 8.24. The van der Waals surface area contributed by atoms with Gasteiger partial charge in [-0.2, -0.15) is 0 Å². The number of pyridine rings is 1. The van der Waals surface area contributed by atoms with Crippen molar-refractivity contribution in [2.45, 2.75) is 19.8 Å². The van der Waals surface area contributed by atoms with Crippen LogP contribution in [0.4, 0.5) is 0 Å². The summed E-state index contributed by atoms with van der Waals surface area (Å²) in [5.74, 6) is 0.979. The normalized spacial score (nSPS) is 17.5. The molecule has 3 heterocycles. The molecular weight excluding hydrogens is 302 g/mol. The number of hydrogen-bond acceptors (Lipinski definition) is 4. The highest BCUT2D eigenvalue weighted by molar-refractivity contribution is 5.92. The minimum atomic E-state index is -0.0305. The Balaban J connectivity index is 1.43. The molecule has 0 spiro atoms. The van der Waals surface area contributed by atoms with Gasteiger partial charge in [0.05, 0.1) is 5.52 Å². The summed E-state index contributed by atoms with van der Waals surface area (Å²) in [6, 6.07) is 10.5. The maximum absolute atomic E-state index is 12.4. The molecule has 5 nitrogen and oxygen atoms in total. The molecule has 24 heavy (non-hydrogen) atoms. The molecule has 5 heteroatoms. The fourth-order valence-electron chi connectivity index (χ4n) is 3.39. The molecule has 0 unspecified atom stereocenters. The second-order valence-corrected chi connectivity index (χ2v) is 6.39. The quantitative estimate of drug-likeness (QED) is 0.743. The minimum Gasteiger partial charge on any atom is -0.448 e. The van der Waals surface area contributed by atoms with Crippen LogP contribution in [-0.2, 0) is 6.42 Å². The third-order valence-corrected chi connectivity index (χ3v) is 4.60. The molecule has 0 saturated carbocycles. The lowest BCUT2D eigenvalue weighted by Crippen LogP contribution is -2.29. The number of oxazole rings is 1. The molecule has 1 saturated heterocycles. The molecular formula is C19H19N3O2. The number of likely N-dealkylation sites (tertiary alicyclic amines) is 1. The highest BCUT2D eigenvalue weighted by Gasteiger charge is 2.28. The van der Waals surface area contributed by atoms with Crippen molar-refractivity contribution in [1.29, 1.82) is 0 Å². The van der Waals surface area contributed by atoms with Crippen molar-refractivity contribution in [2.24, 2.45) is 5.92 Å². The summed E-state index contributed by atoms with van der Waals surface area (Å²) in [5, 5.41) is 1.17. The van der Waals surface area contributed by atoms with Crippen LogP contribution in [0.15, 0.2) is 47.2 Å². The van der Waals surface area contributed by atoms with Crippen LogP contribution in [0.5, 0.6) is 0 Å². The molecule has 2 aromatic heterocycles. The van der Waals surface area contributed by atoms with E-state index in [0.717, 1.165) is 31.4 Å². The molecule has 0 radical (unpaired) electrons. The molecule has 1 fully saturated rings. The summed E-state index contributed by atoms with van der Waals surface area (Å²) in [4.78, 5) is 22.8. The van der Waals surface area contributed by atoms with Crippen molar-refractivity contribution in [2.75, 3.05) is 13.1 Å².